The third kappa shape index (κ3) is 2.66. The Labute approximate surface area is 110 Å². The van der Waals surface area contributed by atoms with Crippen LogP contribution in [0.4, 0.5) is 17.6 Å². The molecule has 2 N–H and O–H groups in total. The predicted molar refractivity (Wildman–Crippen MR) is 60.4 cm³/mol. The van der Waals surface area contributed by atoms with Crippen molar-refractivity contribution in [1.82, 2.24) is 9.78 Å². The maximum Gasteiger partial charge on any atom is 0.435 e. The molecule has 8 heteroatoms. The number of halogens is 4. The van der Waals surface area contributed by atoms with Crippen LogP contribution in [-0.4, -0.2) is 20.0 Å². The van der Waals surface area contributed by atoms with Crippen LogP contribution in [0, 0.1) is 5.82 Å². The van der Waals surface area contributed by atoms with E-state index in [4.69, 9.17) is 10.2 Å². The Morgan fingerprint density at radius 2 is 1.80 bits per heavy atom. The van der Waals surface area contributed by atoms with Gasteiger partial charge in [0.1, 0.15) is 5.82 Å². The Morgan fingerprint density at radius 3 is 2.35 bits per heavy atom. The summed E-state index contributed by atoms with van der Waals surface area (Å²) in [4.78, 5) is 0. The van der Waals surface area contributed by atoms with Crippen LogP contribution in [0.3, 0.4) is 0 Å². The molecule has 0 amide bonds. The number of hydrogen-bond acceptors (Lipinski definition) is 3. The summed E-state index contributed by atoms with van der Waals surface area (Å²) in [6.07, 6.45) is -4.66. The number of aromatic nitrogens is 2. The molecule has 0 atom stereocenters. The molecule has 20 heavy (non-hydrogen) atoms. The summed E-state index contributed by atoms with van der Waals surface area (Å²) in [5.41, 5.74) is -1.14. The van der Waals surface area contributed by atoms with Gasteiger partial charge in [-0.15, -0.1) is 0 Å². The van der Waals surface area contributed by atoms with Crippen molar-refractivity contribution in [3.05, 3.63) is 47.0 Å². The zero-order valence-corrected chi connectivity index (χ0v) is 10.0. The molecule has 0 radical (unpaired) electrons. The molecule has 1 aromatic heterocycles. The van der Waals surface area contributed by atoms with E-state index in [9.17, 15) is 17.6 Å². The average Bonchev–Trinajstić information content (AvgIpc) is 2.82. The molecule has 0 bridgehead atoms. The quantitative estimate of drug-likeness (QED) is 0.850. The maximum atomic E-state index is 13.1. The molecule has 4 nitrogen and oxygen atoms in total. The standard InChI is InChI=1S/C12H10F4N2O2/c13-8-1-2-10(7(3-8)5-19)18-9(6-20)4-11(17-18)12(14,15)16/h1-4,19-20H,5-6H2. The highest BCUT2D eigenvalue weighted by Gasteiger charge is 2.35. The van der Waals surface area contributed by atoms with Gasteiger partial charge in [-0.05, 0) is 24.3 Å². The molecule has 0 spiro atoms. The fraction of sp³-hybridized carbons (Fsp3) is 0.250. The van der Waals surface area contributed by atoms with Crippen molar-refractivity contribution >= 4 is 0 Å². The van der Waals surface area contributed by atoms with Gasteiger partial charge < -0.3 is 10.2 Å². The van der Waals surface area contributed by atoms with Gasteiger partial charge in [-0.25, -0.2) is 9.07 Å². The molecule has 0 saturated heterocycles. The predicted octanol–water partition coefficient (Wildman–Crippen LogP) is 2.01. The monoisotopic (exact) mass is 290 g/mol. The molecule has 108 valence electrons. The van der Waals surface area contributed by atoms with Crippen molar-refractivity contribution in [3.8, 4) is 5.69 Å². The molecule has 1 heterocycles. The molecule has 0 aliphatic rings. The number of alkyl halides is 3. The number of nitrogens with zero attached hydrogens (tertiary/aromatic N) is 2. The summed E-state index contributed by atoms with van der Waals surface area (Å²) in [5.74, 6) is -0.633. The second kappa shape index (κ2) is 5.22. The number of aliphatic hydroxyl groups is 2. The Bertz CT molecular complexity index is 622. The lowest BCUT2D eigenvalue weighted by atomic mass is 10.2. The Morgan fingerprint density at radius 1 is 1.10 bits per heavy atom. The van der Waals surface area contributed by atoms with E-state index in [-0.39, 0.29) is 16.9 Å². The van der Waals surface area contributed by atoms with E-state index >= 15 is 0 Å². The number of rotatable bonds is 3. The van der Waals surface area contributed by atoms with Gasteiger partial charge in [-0.1, -0.05) is 0 Å². The first-order chi connectivity index (χ1) is 9.36. The van der Waals surface area contributed by atoms with Crippen molar-refractivity contribution in [1.29, 1.82) is 0 Å². The van der Waals surface area contributed by atoms with Crippen LogP contribution in [-0.2, 0) is 19.4 Å². The van der Waals surface area contributed by atoms with E-state index in [1.807, 2.05) is 0 Å². The minimum absolute atomic E-state index is 0.0662. The van der Waals surface area contributed by atoms with Crippen LogP contribution in [0.5, 0.6) is 0 Å². The van der Waals surface area contributed by atoms with Gasteiger partial charge >= 0.3 is 6.18 Å². The van der Waals surface area contributed by atoms with E-state index in [0.717, 1.165) is 16.8 Å². The average molecular weight is 290 g/mol. The second-order valence-electron chi connectivity index (χ2n) is 4.02. The highest BCUT2D eigenvalue weighted by molar-refractivity contribution is 5.42. The van der Waals surface area contributed by atoms with Crippen molar-refractivity contribution in [2.45, 2.75) is 19.4 Å². The summed E-state index contributed by atoms with van der Waals surface area (Å²) in [6, 6.07) is 3.91. The normalized spacial score (nSPS) is 11.9. The van der Waals surface area contributed by atoms with Gasteiger partial charge in [0.25, 0.3) is 0 Å². The summed E-state index contributed by atoms with van der Waals surface area (Å²) in [5, 5.41) is 21.6. The van der Waals surface area contributed by atoms with Gasteiger partial charge in [0.2, 0.25) is 0 Å². The van der Waals surface area contributed by atoms with Crippen molar-refractivity contribution in [2.75, 3.05) is 0 Å². The fourth-order valence-electron chi connectivity index (χ4n) is 1.77. The van der Waals surface area contributed by atoms with Gasteiger partial charge in [0.05, 0.1) is 24.6 Å². The van der Waals surface area contributed by atoms with Crippen LogP contribution in [0.15, 0.2) is 24.3 Å². The molecule has 0 aliphatic carbocycles. The first kappa shape index (κ1) is 14.5. The van der Waals surface area contributed by atoms with Crippen molar-refractivity contribution in [3.63, 3.8) is 0 Å². The van der Waals surface area contributed by atoms with Crippen LogP contribution in [0.25, 0.3) is 5.69 Å². The maximum absolute atomic E-state index is 13.1. The van der Waals surface area contributed by atoms with Crippen LogP contribution < -0.4 is 0 Å². The molecule has 2 rings (SSSR count). The van der Waals surface area contributed by atoms with E-state index in [1.54, 1.807) is 0 Å². The smallest absolute Gasteiger partial charge is 0.392 e. The second-order valence-corrected chi connectivity index (χ2v) is 4.02. The summed E-state index contributed by atoms with van der Waals surface area (Å²) >= 11 is 0. The van der Waals surface area contributed by atoms with Gasteiger partial charge in [-0.2, -0.15) is 18.3 Å². The first-order valence-electron chi connectivity index (χ1n) is 5.53. The van der Waals surface area contributed by atoms with E-state index in [1.165, 1.54) is 6.07 Å². The van der Waals surface area contributed by atoms with Gasteiger partial charge in [-0.3, -0.25) is 0 Å². The van der Waals surface area contributed by atoms with Crippen molar-refractivity contribution < 1.29 is 27.8 Å². The molecule has 0 unspecified atom stereocenters. The molecular weight excluding hydrogens is 280 g/mol. The van der Waals surface area contributed by atoms with E-state index in [0.29, 0.717) is 6.07 Å². The Hall–Kier alpha value is -1.93. The minimum Gasteiger partial charge on any atom is -0.392 e. The molecular formula is C12H10F4N2O2. The highest BCUT2D eigenvalue weighted by Crippen LogP contribution is 2.30. The molecule has 2 aromatic rings. The number of hydrogen-bond donors (Lipinski definition) is 2. The summed E-state index contributed by atoms with van der Waals surface area (Å²) in [6.45, 7) is -1.25. The number of benzene rings is 1. The van der Waals surface area contributed by atoms with Gasteiger partial charge in [0, 0.05) is 5.56 Å². The fourth-order valence-corrected chi connectivity index (χ4v) is 1.77. The van der Waals surface area contributed by atoms with E-state index < -0.39 is 30.9 Å². The van der Waals surface area contributed by atoms with Crippen LogP contribution in [0.1, 0.15) is 17.0 Å². The largest absolute Gasteiger partial charge is 0.435 e. The molecule has 1 aromatic carbocycles. The molecule has 0 fully saturated rings. The highest BCUT2D eigenvalue weighted by atomic mass is 19.4. The summed E-state index contributed by atoms with van der Waals surface area (Å²) < 4.78 is 51.7. The van der Waals surface area contributed by atoms with Crippen molar-refractivity contribution in [2.24, 2.45) is 0 Å². The Kier molecular flexibility index (Phi) is 3.78. The topological polar surface area (TPSA) is 58.3 Å². The van der Waals surface area contributed by atoms with Crippen LogP contribution in [0.2, 0.25) is 0 Å². The zero-order valence-electron chi connectivity index (χ0n) is 10.0. The third-order valence-corrected chi connectivity index (χ3v) is 2.68. The minimum atomic E-state index is -4.66. The molecule has 0 saturated carbocycles. The summed E-state index contributed by atoms with van der Waals surface area (Å²) in [7, 11) is 0. The molecule has 0 aliphatic heterocycles. The lowest BCUT2D eigenvalue weighted by Crippen LogP contribution is -2.09. The third-order valence-electron chi connectivity index (χ3n) is 2.68. The van der Waals surface area contributed by atoms with Crippen LogP contribution >= 0.6 is 0 Å². The Balaban J connectivity index is 2.60. The van der Waals surface area contributed by atoms with Gasteiger partial charge in [0.15, 0.2) is 5.69 Å². The zero-order chi connectivity index (χ0) is 14.9. The number of aliphatic hydroxyl groups excluding tert-OH is 2. The first-order valence-corrected chi connectivity index (χ1v) is 5.53. The lowest BCUT2D eigenvalue weighted by Gasteiger charge is -2.10. The SMILES string of the molecule is OCc1cc(F)ccc1-n1nc(C(F)(F)F)cc1CO. The van der Waals surface area contributed by atoms with E-state index in [2.05, 4.69) is 5.10 Å². The lowest BCUT2D eigenvalue weighted by molar-refractivity contribution is -0.141.